The molecule has 0 aliphatic heterocycles. The third-order valence-corrected chi connectivity index (χ3v) is 3.40. The quantitative estimate of drug-likeness (QED) is 0.674. The van der Waals surface area contributed by atoms with Crippen molar-refractivity contribution in [2.75, 3.05) is 5.88 Å². The van der Waals surface area contributed by atoms with E-state index in [2.05, 4.69) is 0 Å². The highest BCUT2D eigenvalue weighted by atomic mass is 35.5. The van der Waals surface area contributed by atoms with E-state index in [4.69, 9.17) is 16.7 Å². The normalized spacial score (nSPS) is 14.8. The summed E-state index contributed by atoms with van der Waals surface area (Å²) >= 11 is 5.43. The fourth-order valence-electron chi connectivity index (χ4n) is 0.761. The van der Waals surface area contributed by atoms with Crippen LogP contribution >= 0.6 is 11.6 Å². The molecule has 0 aromatic heterocycles. The summed E-state index contributed by atoms with van der Waals surface area (Å²) in [6, 6.07) is 0. The summed E-state index contributed by atoms with van der Waals surface area (Å²) in [4.78, 5) is 0. The van der Waals surface area contributed by atoms with Crippen LogP contribution in [0.5, 0.6) is 0 Å². The van der Waals surface area contributed by atoms with Crippen LogP contribution in [0.2, 0.25) is 0 Å². The largest absolute Gasteiger partial charge is 0.228 e. The Kier molecular flexibility index (Phi) is 5.04. The SMILES string of the molecule is CCCCC(CCl)S(N)(=O)=O. The molecule has 0 aliphatic rings. The van der Waals surface area contributed by atoms with E-state index < -0.39 is 15.3 Å². The van der Waals surface area contributed by atoms with Gasteiger partial charge in [0.1, 0.15) is 0 Å². The average molecular weight is 200 g/mol. The zero-order valence-corrected chi connectivity index (χ0v) is 8.16. The summed E-state index contributed by atoms with van der Waals surface area (Å²) in [5, 5.41) is 4.35. The average Bonchev–Trinajstić information content (AvgIpc) is 1.87. The highest BCUT2D eigenvalue weighted by Gasteiger charge is 2.18. The molecule has 0 bridgehead atoms. The van der Waals surface area contributed by atoms with Crippen LogP contribution in [-0.2, 0) is 10.0 Å². The number of sulfonamides is 1. The molecule has 0 spiro atoms. The smallest absolute Gasteiger partial charge is 0.213 e. The van der Waals surface area contributed by atoms with E-state index in [-0.39, 0.29) is 5.88 Å². The van der Waals surface area contributed by atoms with E-state index in [0.717, 1.165) is 12.8 Å². The van der Waals surface area contributed by atoms with E-state index in [9.17, 15) is 8.42 Å². The number of rotatable bonds is 5. The number of alkyl halides is 1. The van der Waals surface area contributed by atoms with E-state index in [1.807, 2.05) is 6.92 Å². The molecule has 2 N–H and O–H groups in total. The van der Waals surface area contributed by atoms with Crippen LogP contribution in [0.15, 0.2) is 0 Å². The number of halogens is 1. The number of nitrogens with two attached hydrogens (primary N) is 1. The van der Waals surface area contributed by atoms with Gasteiger partial charge in [-0.2, -0.15) is 0 Å². The number of unbranched alkanes of at least 4 members (excludes halogenated alkanes) is 1. The third kappa shape index (κ3) is 4.61. The Labute approximate surface area is 73.0 Å². The molecule has 0 heterocycles. The van der Waals surface area contributed by atoms with E-state index in [1.54, 1.807) is 0 Å². The Morgan fingerprint density at radius 3 is 2.36 bits per heavy atom. The molecule has 0 saturated heterocycles. The predicted octanol–water partition coefficient (Wildman–Crippen LogP) is 1.07. The van der Waals surface area contributed by atoms with Crippen molar-refractivity contribution in [1.29, 1.82) is 0 Å². The molecule has 68 valence electrons. The molecule has 5 heteroatoms. The van der Waals surface area contributed by atoms with Gasteiger partial charge in [-0.15, -0.1) is 11.6 Å². The Hall–Kier alpha value is 0.200. The van der Waals surface area contributed by atoms with Crippen molar-refractivity contribution < 1.29 is 8.42 Å². The summed E-state index contributed by atoms with van der Waals surface area (Å²) in [5.74, 6) is 0.0961. The maximum absolute atomic E-state index is 10.8. The molecule has 0 saturated carbocycles. The van der Waals surface area contributed by atoms with Crippen molar-refractivity contribution in [2.24, 2.45) is 5.14 Å². The first kappa shape index (κ1) is 11.2. The van der Waals surface area contributed by atoms with Gasteiger partial charge in [0.15, 0.2) is 0 Å². The van der Waals surface area contributed by atoms with Crippen LogP contribution < -0.4 is 5.14 Å². The highest BCUT2D eigenvalue weighted by Crippen LogP contribution is 2.08. The Balaban J connectivity index is 3.97. The molecule has 0 fully saturated rings. The van der Waals surface area contributed by atoms with Crippen molar-refractivity contribution in [3.8, 4) is 0 Å². The molecule has 1 unspecified atom stereocenters. The van der Waals surface area contributed by atoms with Crippen LogP contribution in [0, 0.1) is 0 Å². The lowest BCUT2D eigenvalue weighted by Crippen LogP contribution is -2.29. The van der Waals surface area contributed by atoms with Crippen molar-refractivity contribution in [3.05, 3.63) is 0 Å². The fourth-order valence-corrected chi connectivity index (χ4v) is 2.11. The molecule has 1 atom stereocenters. The second kappa shape index (κ2) is 4.95. The van der Waals surface area contributed by atoms with Gasteiger partial charge >= 0.3 is 0 Å². The Bertz CT molecular complexity index is 191. The molecule has 0 aromatic carbocycles. The maximum Gasteiger partial charge on any atom is 0.213 e. The first-order valence-electron chi connectivity index (χ1n) is 3.60. The van der Waals surface area contributed by atoms with Gasteiger partial charge in [0.25, 0.3) is 0 Å². The van der Waals surface area contributed by atoms with Gasteiger partial charge < -0.3 is 0 Å². The minimum Gasteiger partial charge on any atom is -0.228 e. The monoisotopic (exact) mass is 199 g/mol. The molecule has 0 aromatic rings. The molecule has 0 rings (SSSR count). The fraction of sp³-hybridized carbons (Fsp3) is 1.00. The lowest BCUT2D eigenvalue weighted by atomic mass is 10.2. The molecular formula is C6H14ClNO2S. The van der Waals surface area contributed by atoms with Crippen LogP contribution in [0.1, 0.15) is 26.2 Å². The third-order valence-electron chi connectivity index (χ3n) is 1.52. The molecule has 0 amide bonds. The molecule has 11 heavy (non-hydrogen) atoms. The van der Waals surface area contributed by atoms with Gasteiger partial charge in [-0.3, -0.25) is 0 Å². The standard InChI is InChI=1S/C6H14ClNO2S/c1-2-3-4-6(5-7)11(8,9)10/h6H,2-5H2,1H3,(H2,8,9,10). The Morgan fingerprint density at radius 1 is 1.55 bits per heavy atom. The second-order valence-corrected chi connectivity index (χ2v) is 4.66. The van der Waals surface area contributed by atoms with E-state index in [1.165, 1.54) is 0 Å². The number of hydrogen-bond acceptors (Lipinski definition) is 2. The lowest BCUT2D eigenvalue weighted by molar-refractivity contribution is 0.574. The minimum absolute atomic E-state index is 0.0961. The van der Waals surface area contributed by atoms with Crippen LogP contribution in [-0.4, -0.2) is 19.5 Å². The van der Waals surface area contributed by atoms with Crippen LogP contribution in [0.25, 0.3) is 0 Å². The zero-order valence-electron chi connectivity index (χ0n) is 6.59. The van der Waals surface area contributed by atoms with Gasteiger partial charge in [-0.1, -0.05) is 19.8 Å². The first-order valence-corrected chi connectivity index (χ1v) is 5.74. The van der Waals surface area contributed by atoms with Gasteiger partial charge in [0.05, 0.1) is 5.25 Å². The van der Waals surface area contributed by atoms with Crippen LogP contribution in [0.3, 0.4) is 0 Å². The van der Waals surface area contributed by atoms with Crippen molar-refractivity contribution in [3.63, 3.8) is 0 Å². The molecule has 0 aliphatic carbocycles. The van der Waals surface area contributed by atoms with Gasteiger partial charge in [0, 0.05) is 5.88 Å². The number of hydrogen-bond donors (Lipinski definition) is 1. The van der Waals surface area contributed by atoms with Gasteiger partial charge in [-0.05, 0) is 6.42 Å². The summed E-state index contributed by atoms with van der Waals surface area (Å²) in [7, 11) is -3.42. The Morgan fingerprint density at radius 2 is 2.09 bits per heavy atom. The lowest BCUT2D eigenvalue weighted by Gasteiger charge is -2.09. The molecular weight excluding hydrogens is 186 g/mol. The van der Waals surface area contributed by atoms with Crippen molar-refractivity contribution in [1.82, 2.24) is 0 Å². The van der Waals surface area contributed by atoms with Gasteiger partial charge in [0.2, 0.25) is 10.0 Å². The summed E-state index contributed by atoms with van der Waals surface area (Å²) in [6.45, 7) is 1.99. The molecule has 0 radical (unpaired) electrons. The second-order valence-electron chi connectivity index (χ2n) is 2.51. The van der Waals surface area contributed by atoms with Gasteiger partial charge in [-0.25, -0.2) is 13.6 Å². The number of primary sulfonamides is 1. The maximum atomic E-state index is 10.8. The molecule has 3 nitrogen and oxygen atoms in total. The summed E-state index contributed by atoms with van der Waals surface area (Å²) in [5.41, 5.74) is 0. The van der Waals surface area contributed by atoms with Crippen molar-refractivity contribution >= 4 is 21.6 Å². The summed E-state index contributed by atoms with van der Waals surface area (Å²) in [6.07, 6.45) is 2.38. The highest BCUT2D eigenvalue weighted by molar-refractivity contribution is 7.89. The minimum atomic E-state index is -3.42. The van der Waals surface area contributed by atoms with Crippen molar-refractivity contribution in [2.45, 2.75) is 31.4 Å². The van der Waals surface area contributed by atoms with E-state index >= 15 is 0 Å². The summed E-state index contributed by atoms with van der Waals surface area (Å²) < 4.78 is 21.5. The zero-order chi connectivity index (χ0) is 8.91. The van der Waals surface area contributed by atoms with E-state index in [0.29, 0.717) is 6.42 Å². The predicted molar refractivity (Wildman–Crippen MR) is 47.1 cm³/mol. The topological polar surface area (TPSA) is 60.2 Å². The first-order chi connectivity index (χ1) is 5.02. The van der Waals surface area contributed by atoms with Crippen LogP contribution in [0.4, 0.5) is 0 Å².